The molecule has 10 heteroatoms. The lowest BCUT2D eigenvalue weighted by molar-refractivity contribution is -0.384. The predicted octanol–water partition coefficient (Wildman–Crippen LogP) is 3.38. The molecule has 0 aromatic heterocycles. The molecule has 2 N–H and O–H groups in total. The highest BCUT2D eigenvalue weighted by Gasteiger charge is 2.12. The molecular weight excluding hydrogens is 383 g/mol. The largest absolute Gasteiger partial charge is 0.324 e. The standard InChI is InChI=1S/C16H12Cl2N4O4/c17-11-3-1-2-4-13(11)20-15(23)8-16(24)21-19-9-10-5-6-12(18)14(7-10)22(25)26/h1-7,9H,8H2,(H,20,23)(H,21,24). The van der Waals surface area contributed by atoms with E-state index in [1.165, 1.54) is 24.4 Å². The number of nitrogens with one attached hydrogen (secondary N) is 2. The summed E-state index contributed by atoms with van der Waals surface area (Å²) in [4.78, 5) is 33.7. The molecule has 0 unspecified atom stereocenters. The Balaban J connectivity index is 1.89. The second kappa shape index (κ2) is 8.93. The zero-order valence-electron chi connectivity index (χ0n) is 13.1. The van der Waals surface area contributed by atoms with Crippen LogP contribution in [-0.4, -0.2) is 23.0 Å². The van der Waals surface area contributed by atoms with Crippen molar-refractivity contribution in [1.29, 1.82) is 0 Å². The molecule has 0 bridgehead atoms. The second-order valence-corrected chi connectivity index (χ2v) is 5.78. The van der Waals surface area contributed by atoms with Crippen LogP contribution in [0.25, 0.3) is 0 Å². The predicted molar refractivity (Wildman–Crippen MR) is 98.5 cm³/mol. The van der Waals surface area contributed by atoms with Gasteiger partial charge in [0.15, 0.2) is 0 Å². The average molecular weight is 395 g/mol. The number of nitro benzene ring substituents is 1. The molecule has 0 aliphatic heterocycles. The van der Waals surface area contributed by atoms with Crippen LogP contribution in [0.4, 0.5) is 11.4 Å². The van der Waals surface area contributed by atoms with Crippen LogP contribution < -0.4 is 10.7 Å². The van der Waals surface area contributed by atoms with Crippen LogP contribution in [0.1, 0.15) is 12.0 Å². The Morgan fingerprint density at radius 3 is 2.54 bits per heavy atom. The number of hydrogen-bond acceptors (Lipinski definition) is 5. The summed E-state index contributed by atoms with van der Waals surface area (Å²) < 4.78 is 0. The van der Waals surface area contributed by atoms with E-state index in [0.717, 1.165) is 0 Å². The number of carbonyl (C=O) groups is 2. The maximum Gasteiger partial charge on any atom is 0.288 e. The maximum absolute atomic E-state index is 11.8. The molecule has 0 atom stereocenters. The lowest BCUT2D eigenvalue weighted by Crippen LogP contribution is -2.24. The van der Waals surface area contributed by atoms with Gasteiger partial charge in [-0.1, -0.05) is 41.4 Å². The maximum atomic E-state index is 11.8. The van der Waals surface area contributed by atoms with E-state index in [1.54, 1.807) is 24.3 Å². The normalized spacial score (nSPS) is 10.5. The van der Waals surface area contributed by atoms with Gasteiger partial charge in [0.1, 0.15) is 11.4 Å². The minimum Gasteiger partial charge on any atom is -0.324 e. The molecule has 0 aliphatic rings. The summed E-state index contributed by atoms with van der Waals surface area (Å²) in [6.45, 7) is 0. The summed E-state index contributed by atoms with van der Waals surface area (Å²) in [5, 5.41) is 17.3. The number of para-hydroxylation sites is 1. The molecule has 2 rings (SSSR count). The van der Waals surface area contributed by atoms with Gasteiger partial charge in [0, 0.05) is 11.6 Å². The molecule has 0 spiro atoms. The van der Waals surface area contributed by atoms with Gasteiger partial charge in [-0.2, -0.15) is 5.10 Å². The number of nitro groups is 1. The van der Waals surface area contributed by atoms with Crippen molar-refractivity contribution in [3.63, 3.8) is 0 Å². The highest BCUT2D eigenvalue weighted by atomic mass is 35.5. The van der Waals surface area contributed by atoms with Crippen LogP contribution in [0.3, 0.4) is 0 Å². The first kappa shape index (κ1) is 19.4. The van der Waals surface area contributed by atoms with E-state index in [0.29, 0.717) is 16.3 Å². The monoisotopic (exact) mass is 394 g/mol. The zero-order valence-corrected chi connectivity index (χ0v) is 14.6. The Morgan fingerprint density at radius 2 is 1.85 bits per heavy atom. The van der Waals surface area contributed by atoms with Gasteiger partial charge in [0.05, 0.1) is 21.8 Å². The van der Waals surface area contributed by atoms with Crippen molar-refractivity contribution >= 4 is 52.6 Å². The van der Waals surface area contributed by atoms with Gasteiger partial charge in [-0.05, 0) is 18.2 Å². The summed E-state index contributed by atoms with van der Waals surface area (Å²) >= 11 is 11.6. The van der Waals surface area contributed by atoms with Gasteiger partial charge in [-0.3, -0.25) is 19.7 Å². The summed E-state index contributed by atoms with van der Waals surface area (Å²) in [5.41, 5.74) is 2.64. The van der Waals surface area contributed by atoms with E-state index >= 15 is 0 Å². The highest BCUT2D eigenvalue weighted by molar-refractivity contribution is 6.33. The molecule has 2 aromatic rings. The van der Waals surface area contributed by atoms with Crippen LogP contribution in [0, 0.1) is 10.1 Å². The number of rotatable bonds is 6. The average Bonchev–Trinajstić information content (AvgIpc) is 2.58. The Morgan fingerprint density at radius 1 is 1.12 bits per heavy atom. The number of anilines is 1. The lowest BCUT2D eigenvalue weighted by atomic mass is 10.2. The number of hydrazone groups is 1. The molecule has 2 amide bonds. The fraction of sp³-hybridized carbons (Fsp3) is 0.0625. The minimum absolute atomic E-state index is 0.00701. The Kier molecular flexibility index (Phi) is 6.65. The van der Waals surface area contributed by atoms with Crippen molar-refractivity contribution in [2.75, 3.05) is 5.32 Å². The number of benzene rings is 2. The van der Waals surface area contributed by atoms with Crippen molar-refractivity contribution in [1.82, 2.24) is 5.43 Å². The molecule has 8 nitrogen and oxygen atoms in total. The van der Waals surface area contributed by atoms with E-state index in [2.05, 4.69) is 15.8 Å². The van der Waals surface area contributed by atoms with E-state index in [1.807, 2.05) is 0 Å². The molecule has 0 saturated heterocycles. The van der Waals surface area contributed by atoms with E-state index in [4.69, 9.17) is 23.2 Å². The summed E-state index contributed by atoms with van der Waals surface area (Å²) in [5.74, 6) is -1.22. The highest BCUT2D eigenvalue weighted by Crippen LogP contribution is 2.24. The molecule has 2 aromatic carbocycles. The van der Waals surface area contributed by atoms with Gasteiger partial charge < -0.3 is 5.32 Å². The van der Waals surface area contributed by atoms with Crippen molar-refractivity contribution < 1.29 is 14.5 Å². The van der Waals surface area contributed by atoms with Gasteiger partial charge in [0.25, 0.3) is 5.69 Å². The SMILES string of the molecule is O=C(CC(=O)Nc1ccccc1Cl)NN=Cc1ccc(Cl)c([N+](=O)[O-])c1. The van der Waals surface area contributed by atoms with Crippen molar-refractivity contribution in [2.45, 2.75) is 6.42 Å². The lowest BCUT2D eigenvalue weighted by Gasteiger charge is -2.06. The molecule has 26 heavy (non-hydrogen) atoms. The van der Waals surface area contributed by atoms with Crippen LogP contribution in [0.5, 0.6) is 0 Å². The Labute approximate surface area is 157 Å². The quantitative estimate of drug-likeness (QED) is 0.338. The Hall–Kier alpha value is -2.97. The smallest absolute Gasteiger partial charge is 0.288 e. The number of carbonyl (C=O) groups excluding carboxylic acids is 2. The van der Waals surface area contributed by atoms with E-state index in [-0.39, 0.29) is 10.7 Å². The fourth-order valence-electron chi connectivity index (χ4n) is 1.87. The van der Waals surface area contributed by atoms with Gasteiger partial charge in [0.2, 0.25) is 11.8 Å². The molecule has 0 fully saturated rings. The van der Waals surface area contributed by atoms with E-state index < -0.39 is 23.2 Å². The zero-order chi connectivity index (χ0) is 19.1. The van der Waals surface area contributed by atoms with Crippen molar-refractivity contribution in [3.05, 3.63) is 68.2 Å². The van der Waals surface area contributed by atoms with Crippen LogP contribution in [0.2, 0.25) is 10.0 Å². The van der Waals surface area contributed by atoms with Gasteiger partial charge in [-0.25, -0.2) is 5.43 Å². The van der Waals surface area contributed by atoms with Crippen LogP contribution in [0.15, 0.2) is 47.6 Å². The number of nitrogens with zero attached hydrogens (tertiary/aromatic N) is 2. The molecule has 0 saturated carbocycles. The molecule has 0 radical (unpaired) electrons. The molecule has 134 valence electrons. The molecule has 0 aliphatic carbocycles. The second-order valence-electron chi connectivity index (χ2n) is 4.97. The summed E-state index contributed by atoms with van der Waals surface area (Å²) in [6, 6.07) is 10.7. The van der Waals surface area contributed by atoms with Crippen molar-refractivity contribution in [2.24, 2.45) is 5.10 Å². The van der Waals surface area contributed by atoms with Gasteiger partial charge in [-0.15, -0.1) is 0 Å². The number of halogens is 2. The Bertz CT molecular complexity index is 886. The third kappa shape index (κ3) is 5.54. The third-order valence-corrected chi connectivity index (χ3v) is 3.69. The molecule has 0 heterocycles. The first-order valence-electron chi connectivity index (χ1n) is 7.17. The minimum atomic E-state index is -0.658. The van der Waals surface area contributed by atoms with E-state index in [9.17, 15) is 19.7 Å². The molecular formula is C16H12Cl2N4O4. The van der Waals surface area contributed by atoms with Crippen LogP contribution in [-0.2, 0) is 9.59 Å². The number of amides is 2. The fourth-order valence-corrected chi connectivity index (χ4v) is 2.24. The van der Waals surface area contributed by atoms with Crippen LogP contribution >= 0.6 is 23.2 Å². The topological polar surface area (TPSA) is 114 Å². The van der Waals surface area contributed by atoms with Crippen molar-refractivity contribution in [3.8, 4) is 0 Å². The summed E-state index contributed by atoms with van der Waals surface area (Å²) in [7, 11) is 0. The third-order valence-electron chi connectivity index (χ3n) is 3.04. The van der Waals surface area contributed by atoms with Gasteiger partial charge >= 0.3 is 0 Å². The summed E-state index contributed by atoms with van der Waals surface area (Å²) in [6.07, 6.45) is 0.733. The first-order chi connectivity index (χ1) is 12.4. The first-order valence-corrected chi connectivity index (χ1v) is 7.92. The number of hydrogen-bond donors (Lipinski definition) is 2.